The van der Waals surface area contributed by atoms with E-state index in [0.717, 1.165) is 6.08 Å². The number of nitrogens with one attached hydrogen (secondary N) is 1. The van der Waals surface area contributed by atoms with E-state index >= 15 is 0 Å². The Kier molecular flexibility index (Phi) is 6.42. The summed E-state index contributed by atoms with van der Waals surface area (Å²) < 4.78 is 16.6. The van der Waals surface area contributed by atoms with Gasteiger partial charge >= 0.3 is 0 Å². The molecule has 29 heavy (non-hydrogen) atoms. The first-order chi connectivity index (χ1) is 13.9. The Bertz CT molecular complexity index is 1100. The van der Waals surface area contributed by atoms with Crippen LogP contribution >= 0.6 is 23.2 Å². The molecule has 1 aliphatic rings. The minimum atomic E-state index is -0.473. The average Bonchev–Trinajstić information content (AvgIpc) is 2.72. The number of halogens is 2. The van der Waals surface area contributed by atoms with Crippen molar-refractivity contribution in [2.75, 3.05) is 14.2 Å². The van der Waals surface area contributed by atoms with Gasteiger partial charge in [-0.2, -0.15) is 0 Å². The van der Waals surface area contributed by atoms with Crippen molar-refractivity contribution in [3.8, 4) is 0 Å². The maximum Gasteiger partial charge on any atom is 0.243 e. The average molecular weight is 437 g/mol. The Morgan fingerprint density at radius 2 is 2.17 bits per heavy atom. The van der Waals surface area contributed by atoms with Gasteiger partial charge < -0.3 is 19.2 Å². The van der Waals surface area contributed by atoms with E-state index in [1.807, 2.05) is 0 Å². The summed E-state index contributed by atoms with van der Waals surface area (Å²) in [4.78, 5) is 28.2. The van der Waals surface area contributed by atoms with Crippen molar-refractivity contribution in [2.24, 2.45) is 0 Å². The monoisotopic (exact) mass is 436 g/mol. The third-order valence-electron chi connectivity index (χ3n) is 4.43. The van der Waals surface area contributed by atoms with E-state index in [4.69, 9.17) is 37.1 Å². The van der Waals surface area contributed by atoms with Gasteiger partial charge in [0.2, 0.25) is 5.91 Å². The molecule has 7 nitrogen and oxygen atoms in total. The van der Waals surface area contributed by atoms with Crippen LogP contribution < -0.4 is 10.7 Å². The van der Waals surface area contributed by atoms with Gasteiger partial charge in [0.25, 0.3) is 0 Å². The fourth-order valence-electron chi connectivity index (χ4n) is 2.91. The maximum absolute atomic E-state index is 12.7. The minimum Gasteiger partial charge on any atom is -0.499 e. The van der Waals surface area contributed by atoms with E-state index in [-0.39, 0.29) is 34.3 Å². The predicted octanol–water partition coefficient (Wildman–Crippen LogP) is 3.46. The van der Waals surface area contributed by atoms with Gasteiger partial charge in [-0.25, -0.2) is 0 Å². The molecule has 0 saturated carbocycles. The number of aromatic nitrogens is 1. The molecule has 2 aromatic heterocycles. The van der Waals surface area contributed by atoms with Crippen LogP contribution in [0.25, 0.3) is 16.5 Å². The van der Waals surface area contributed by atoms with Gasteiger partial charge in [0.15, 0.2) is 11.0 Å². The maximum atomic E-state index is 12.7. The molecule has 1 N–H and O–H groups in total. The zero-order valence-corrected chi connectivity index (χ0v) is 17.3. The topological polar surface area (TPSA) is 90.7 Å². The van der Waals surface area contributed by atoms with E-state index in [1.54, 1.807) is 6.07 Å². The van der Waals surface area contributed by atoms with Crippen LogP contribution in [0, 0.1) is 0 Å². The van der Waals surface area contributed by atoms with Crippen molar-refractivity contribution < 1.29 is 18.7 Å². The Morgan fingerprint density at radius 3 is 2.83 bits per heavy atom. The van der Waals surface area contributed by atoms with Crippen LogP contribution in [0.2, 0.25) is 0 Å². The molecule has 2 aromatic rings. The number of carbonyl (C=O) groups is 1. The molecule has 0 aliphatic heterocycles. The number of ether oxygens (including phenoxy) is 2. The van der Waals surface area contributed by atoms with Gasteiger partial charge in [-0.1, -0.05) is 29.8 Å². The van der Waals surface area contributed by atoms with Crippen molar-refractivity contribution in [1.82, 2.24) is 10.3 Å². The normalized spacial score (nSPS) is 16.9. The molecule has 0 spiro atoms. The van der Waals surface area contributed by atoms with Crippen molar-refractivity contribution in [3.05, 3.63) is 68.5 Å². The zero-order valence-electron chi connectivity index (χ0n) is 15.8. The Hall–Kier alpha value is -2.61. The number of amides is 1. The van der Waals surface area contributed by atoms with E-state index in [9.17, 15) is 9.59 Å². The lowest BCUT2D eigenvalue weighted by Crippen LogP contribution is -2.21. The first-order valence-corrected chi connectivity index (χ1v) is 9.34. The quantitative estimate of drug-likeness (QED) is 0.697. The second-order valence-corrected chi connectivity index (χ2v) is 6.95. The summed E-state index contributed by atoms with van der Waals surface area (Å²) in [6, 6.07) is 2.86. The number of hydrogen-bond donors (Lipinski definition) is 1. The van der Waals surface area contributed by atoms with Crippen molar-refractivity contribution >= 4 is 45.7 Å². The Morgan fingerprint density at radius 1 is 1.41 bits per heavy atom. The summed E-state index contributed by atoms with van der Waals surface area (Å²) in [7, 11) is 3.01. The Labute approximate surface area is 176 Å². The molecular formula is C20H18Cl2N2O5. The van der Waals surface area contributed by atoms with Crippen molar-refractivity contribution in [1.29, 1.82) is 0 Å². The lowest BCUT2D eigenvalue weighted by Gasteiger charge is -2.25. The molecule has 0 saturated heterocycles. The van der Waals surface area contributed by atoms with E-state index in [0.29, 0.717) is 33.9 Å². The predicted molar refractivity (Wildman–Crippen MR) is 110 cm³/mol. The van der Waals surface area contributed by atoms with Gasteiger partial charge in [-0.15, -0.1) is 0 Å². The third kappa shape index (κ3) is 4.22. The summed E-state index contributed by atoms with van der Waals surface area (Å²) in [6.45, 7) is 3.53. The number of hydrogen-bond acceptors (Lipinski definition) is 6. The third-order valence-corrected chi connectivity index (χ3v) is 5.27. The van der Waals surface area contributed by atoms with Crippen LogP contribution in [0.15, 0.2) is 56.0 Å². The van der Waals surface area contributed by atoms with Crippen LogP contribution in [0.1, 0.15) is 17.9 Å². The highest BCUT2D eigenvalue weighted by molar-refractivity contribution is 6.42. The molecular weight excluding hydrogens is 419 g/mol. The van der Waals surface area contributed by atoms with E-state index in [2.05, 4.69) is 16.9 Å². The highest BCUT2D eigenvalue weighted by atomic mass is 35.5. The van der Waals surface area contributed by atoms with Gasteiger partial charge in [0.1, 0.15) is 17.6 Å². The standard InChI is InChI=1S/C20H18Cl2N2O5/c1-4-17(26)24-8-10-5-11-12(25)6-13(29-16(11)9-23-10)18-19(21)14(27-2)7-15(28-3)20(18)22/h4-6,9,14H,1,7-8H2,2-3H3,(H,24,26). The number of allylic oxidation sites excluding steroid dienone is 2. The number of fused-ring (bicyclic) bond motifs is 1. The zero-order chi connectivity index (χ0) is 21.1. The lowest BCUT2D eigenvalue weighted by atomic mass is 9.99. The van der Waals surface area contributed by atoms with Gasteiger partial charge in [-0.05, 0) is 12.1 Å². The first kappa shape index (κ1) is 21.1. The van der Waals surface area contributed by atoms with Gasteiger partial charge in [-0.3, -0.25) is 14.6 Å². The molecule has 1 aliphatic carbocycles. The summed E-state index contributed by atoms with van der Waals surface area (Å²) in [5.41, 5.74) is 0.789. The van der Waals surface area contributed by atoms with E-state index < -0.39 is 6.10 Å². The SMILES string of the molecule is C=CC(=O)NCc1cc2c(=O)cc(C3=C(Cl)C(OC)CC(OC)=C3Cl)oc2cn1. The molecule has 152 valence electrons. The number of rotatable bonds is 6. The number of carbonyl (C=O) groups excluding carboxylic acids is 1. The van der Waals surface area contributed by atoms with Gasteiger partial charge in [0.05, 0.1) is 46.6 Å². The molecule has 9 heteroatoms. The molecule has 1 atom stereocenters. The molecule has 1 amide bonds. The van der Waals surface area contributed by atoms with Crippen molar-refractivity contribution in [3.63, 3.8) is 0 Å². The summed E-state index contributed by atoms with van der Waals surface area (Å²) in [6.07, 6.45) is 2.46. The second-order valence-electron chi connectivity index (χ2n) is 6.16. The molecule has 2 heterocycles. The minimum absolute atomic E-state index is 0.153. The van der Waals surface area contributed by atoms with Crippen LogP contribution in [-0.2, 0) is 20.8 Å². The molecule has 0 aromatic carbocycles. The second kappa shape index (κ2) is 8.82. The van der Waals surface area contributed by atoms with Crippen LogP contribution in [0.3, 0.4) is 0 Å². The Balaban J connectivity index is 2.07. The van der Waals surface area contributed by atoms with Crippen LogP contribution in [-0.4, -0.2) is 31.2 Å². The molecule has 3 rings (SSSR count). The number of methoxy groups -OCH3 is 2. The fourth-order valence-corrected chi connectivity index (χ4v) is 3.66. The first-order valence-electron chi connectivity index (χ1n) is 8.58. The number of nitrogens with zero attached hydrogens (tertiary/aromatic N) is 1. The summed E-state index contributed by atoms with van der Waals surface area (Å²) >= 11 is 12.9. The summed E-state index contributed by atoms with van der Waals surface area (Å²) in [5.74, 6) is 0.326. The number of pyridine rings is 1. The summed E-state index contributed by atoms with van der Waals surface area (Å²) in [5, 5.41) is 3.49. The smallest absolute Gasteiger partial charge is 0.243 e. The largest absolute Gasteiger partial charge is 0.499 e. The highest BCUT2D eigenvalue weighted by Crippen LogP contribution is 2.42. The van der Waals surface area contributed by atoms with Crippen molar-refractivity contribution in [2.45, 2.75) is 19.1 Å². The van der Waals surface area contributed by atoms with Crippen LogP contribution in [0.4, 0.5) is 0 Å². The molecule has 0 radical (unpaired) electrons. The fraction of sp³-hybridized carbons (Fsp3) is 0.250. The highest BCUT2D eigenvalue weighted by Gasteiger charge is 2.31. The van der Waals surface area contributed by atoms with Crippen LogP contribution in [0.5, 0.6) is 0 Å². The lowest BCUT2D eigenvalue weighted by molar-refractivity contribution is -0.116. The molecule has 0 fully saturated rings. The molecule has 1 unspecified atom stereocenters. The molecule has 0 bridgehead atoms. The van der Waals surface area contributed by atoms with Gasteiger partial charge in [0, 0.05) is 19.6 Å². The van der Waals surface area contributed by atoms with E-state index in [1.165, 1.54) is 26.5 Å².